The van der Waals surface area contributed by atoms with Gasteiger partial charge in [0.15, 0.2) is 5.13 Å². The fraction of sp³-hybridized carbons (Fsp3) is 0.0909. The maximum atomic E-state index is 10.7. The van der Waals surface area contributed by atoms with Gasteiger partial charge in [-0.2, -0.15) is 0 Å². The van der Waals surface area contributed by atoms with Gasteiger partial charge in [-0.3, -0.25) is 0 Å². The van der Waals surface area contributed by atoms with Crippen LogP contribution in [0.5, 0.6) is 0 Å². The van der Waals surface area contributed by atoms with Gasteiger partial charge < -0.3 is 10.4 Å². The summed E-state index contributed by atoms with van der Waals surface area (Å²) in [4.78, 5) is 15.0. The summed E-state index contributed by atoms with van der Waals surface area (Å²) in [7, 11) is 0. The molecule has 0 aliphatic heterocycles. The van der Waals surface area contributed by atoms with Crippen LogP contribution < -0.4 is 5.32 Å². The Bertz CT molecular complexity index is 568. The largest absolute Gasteiger partial charge is 0.477 e. The third-order valence-corrected chi connectivity index (χ3v) is 3.99. The Labute approximate surface area is 110 Å². The number of hydrogen-bond donors (Lipinski definition) is 2. The fourth-order valence-corrected chi connectivity index (χ4v) is 2.32. The predicted octanol–water partition coefficient (Wildman–Crippen LogP) is 3.66. The number of carboxylic acids is 1. The molecule has 1 heterocycles. The average Bonchev–Trinajstić information content (AvgIpc) is 2.73. The van der Waals surface area contributed by atoms with E-state index in [9.17, 15) is 4.79 Å². The van der Waals surface area contributed by atoms with Crippen molar-refractivity contribution in [2.24, 2.45) is 0 Å². The molecule has 2 aromatic rings. The smallest absolute Gasteiger partial charge is 0.347 e. The number of aromatic carboxylic acids is 1. The van der Waals surface area contributed by atoms with Crippen molar-refractivity contribution in [2.75, 3.05) is 5.32 Å². The predicted molar refractivity (Wildman–Crippen MR) is 71.2 cm³/mol. The van der Waals surface area contributed by atoms with Crippen LogP contribution in [-0.2, 0) is 0 Å². The molecule has 1 aromatic carbocycles. The summed E-state index contributed by atoms with van der Waals surface area (Å²) in [6.45, 7) is 1.97. The lowest BCUT2D eigenvalue weighted by Gasteiger charge is -2.07. The third kappa shape index (κ3) is 2.65. The first kappa shape index (κ1) is 12.1. The summed E-state index contributed by atoms with van der Waals surface area (Å²) in [6.07, 6.45) is 1.35. The zero-order chi connectivity index (χ0) is 12.4. The molecule has 0 saturated carbocycles. The minimum Gasteiger partial charge on any atom is -0.477 e. The number of thiazole rings is 1. The van der Waals surface area contributed by atoms with Crippen LogP contribution in [0.3, 0.4) is 0 Å². The topological polar surface area (TPSA) is 62.2 Å². The van der Waals surface area contributed by atoms with E-state index in [-0.39, 0.29) is 4.88 Å². The normalized spacial score (nSPS) is 10.2. The van der Waals surface area contributed by atoms with Crippen LogP contribution in [0.4, 0.5) is 10.8 Å². The molecule has 0 bridgehead atoms. The number of rotatable bonds is 3. The summed E-state index contributed by atoms with van der Waals surface area (Å²) in [5.41, 5.74) is 1.96. The van der Waals surface area contributed by atoms with Gasteiger partial charge in [0.1, 0.15) is 4.88 Å². The first-order valence-electron chi connectivity index (χ1n) is 4.79. The second-order valence-electron chi connectivity index (χ2n) is 3.37. The summed E-state index contributed by atoms with van der Waals surface area (Å²) in [6, 6.07) is 5.78. The second kappa shape index (κ2) is 4.85. The molecule has 0 unspecified atom stereocenters. The van der Waals surface area contributed by atoms with E-state index in [0.29, 0.717) is 5.13 Å². The van der Waals surface area contributed by atoms with Gasteiger partial charge >= 0.3 is 5.97 Å². The average molecular weight is 313 g/mol. The van der Waals surface area contributed by atoms with Crippen molar-refractivity contribution in [3.05, 3.63) is 39.3 Å². The first-order valence-corrected chi connectivity index (χ1v) is 6.40. The number of nitrogens with one attached hydrogen (secondary N) is 1. The van der Waals surface area contributed by atoms with Gasteiger partial charge in [-0.25, -0.2) is 9.78 Å². The van der Waals surface area contributed by atoms with Gasteiger partial charge in [-0.15, -0.1) is 0 Å². The molecular weight excluding hydrogens is 304 g/mol. The minimum atomic E-state index is -0.957. The molecular formula is C11H9BrN2O2S. The molecule has 0 radical (unpaired) electrons. The Morgan fingerprint density at radius 3 is 2.94 bits per heavy atom. The lowest BCUT2D eigenvalue weighted by molar-refractivity contribution is 0.0702. The molecule has 0 saturated heterocycles. The Morgan fingerprint density at radius 2 is 2.29 bits per heavy atom. The van der Waals surface area contributed by atoms with Crippen LogP contribution in [0.1, 0.15) is 15.2 Å². The number of hydrogen-bond acceptors (Lipinski definition) is 4. The van der Waals surface area contributed by atoms with Crippen LogP contribution in [0.2, 0.25) is 0 Å². The Hall–Kier alpha value is -1.40. The van der Waals surface area contributed by atoms with E-state index in [1.807, 2.05) is 25.1 Å². The van der Waals surface area contributed by atoms with Crippen molar-refractivity contribution < 1.29 is 9.90 Å². The number of anilines is 2. The van der Waals surface area contributed by atoms with Crippen LogP contribution >= 0.6 is 27.3 Å². The highest BCUT2D eigenvalue weighted by atomic mass is 79.9. The molecule has 6 heteroatoms. The molecule has 0 spiro atoms. The molecule has 17 heavy (non-hydrogen) atoms. The molecule has 4 nitrogen and oxygen atoms in total. The zero-order valence-corrected chi connectivity index (χ0v) is 11.3. The monoisotopic (exact) mass is 312 g/mol. The van der Waals surface area contributed by atoms with Crippen molar-refractivity contribution in [3.63, 3.8) is 0 Å². The van der Waals surface area contributed by atoms with Crippen LogP contribution in [0, 0.1) is 6.92 Å². The van der Waals surface area contributed by atoms with E-state index in [2.05, 4.69) is 26.2 Å². The minimum absolute atomic E-state index is 0.222. The highest BCUT2D eigenvalue weighted by Crippen LogP contribution is 2.28. The number of aromatic nitrogens is 1. The highest BCUT2D eigenvalue weighted by Gasteiger charge is 2.09. The second-order valence-corrected chi connectivity index (χ2v) is 5.26. The van der Waals surface area contributed by atoms with E-state index in [4.69, 9.17) is 5.11 Å². The van der Waals surface area contributed by atoms with Crippen molar-refractivity contribution in [1.82, 2.24) is 4.98 Å². The zero-order valence-electron chi connectivity index (χ0n) is 8.90. The van der Waals surface area contributed by atoms with Crippen molar-refractivity contribution >= 4 is 44.1 Å². The van der Waals surface area contributed by atoms with E-state index < -0.39 is 5.97 Å². The maximum Gasteiger partial charge on any atom is 0.347 e. The van der Waals surface area contributed by atoms with Crippen molar-refractivity contribution in [3.8, 4) is 0 Å². The van der Waals surface area contributed by atoms with Gasteiger partial charge in [-0.1, -0.05) is 33.3 Å². The van der Waals surface area contributed by atoms with Gasteiger partial charge in [-0.05, 0) is 24.6 Å². The van der Waals surface area contributed by atoms with Gasteiger partial charge in [0.05, 0.1) is 6.20 Å². The molecule has 2 N–H and O–H groups in total. The number of benzene rings is 1. The standard InChI is InChI=1S/C11H9BrN2O2S/c1-6-7(12)3-2-4-8(6)14-11-13-5-9(17-11)10(15)16/h2-5H,1H3,(H,13,14)(H,15,16). The summed E-state index contributed by atoms with van der Waals surface area (Å²) >= 11 is 4.55. The fourth-order valence-electron chi connectivity index (χ4n) is 1.29. The molecule has 88 valence electrons. The number of nitrogens with zero attached hydrogens (tertiary/aromatic N) is 1. The van der Waals surface area contributed by atoms with Crippen molar-refractivity contribution in [2.45, 2.75) is 6.92 Å². The molecule has 0 aliphatic rings. The Balaban J connectivity index is 2.25. The quantitative estimate of drug-likeness (QED) is 0.908. The first-order chi connectivity index (χ1) is 8.08. The molecule has 0 aliphatic carbocycles. The number of halogens is 1. The van der Waals surface area contributed by atoms with E-state index in [0.717, 1.165) is 27.1 Å². The van der Waals surface area contributed by atoms with Gasteiger partial charge in [0, 0.05) is 10.2 Å². The third-order valence-electron chi connectivity index (χ3n) is 2.23. The molecule has 2 rings (SSSR count). The van der Waals surface area contributed by atoms with Gasteiger partial charge in [0.2, 0.25) is 0 Å². The number of carbonyl (C=O) groups is 1. The molecule has 0 atom stereocenters. The number of carboxylic acid groups (broad SMARTS) is 1. The lowest BCUT2D eigenvalue weighted by Crippen LogP contribution is -1.92. The van der Waals surface area contributed by atoms with E-state index in [1.165, 1.54) is 6.20 Å². The SMILES string of the molecule is Cc1c(Br)cccc1Nc1ncc(C(=O)O)s1. The van der Waals surface area contributed by atoms with Crippen LogP contribution in [0.25, 0.3) is 0 Å². The summed E-state index contributed by atoms with van der Waals surface area (Å²) in [5, 5.41) is 12.5. The van der Waals surface area contributed by atoms with Crippen LogP contribution in [0.15, 0.2) is 28.9 Å². The van der Waals surface area contributed by atoms with E-state index in [1.54, 1.807) is 0 Å². The van der Waals surface area contributed by atoms with Gasteiger partial charge in [0.25, 0.3) is 0 Å². The molecule has 1 aromatic heterocycles. The summed E-state index contributed by atoms with van der Waals surface area (Å²) < 4.78 is 0.998. The summed E-state index contributed by atoms with van der Waals surface area (Å²) in [5.74, 6) is -0.957. The molecule has 0 fully saturated rings. The lowest BCUT2D eigenvalue weighted by atomic mass is 10.2. The molecule has 0 amide bonds. The van der Waals surface area contributed by atoms with Crippen molar-refractivity contribution in [1.29, 1.82) is 0 Å². The Morgan fingerprint density at radius 1 is 1.53 bits per heavy atom. The van der Waals surface area contributed by atoms with Crippen LogP contribution in [-0.4, -0.2) is 16.1 Å². The maximum absolute atomic E-state index is 10.7. The Kier molecular flexibility index (Phi) is 3.44. The van der Waals surface area contributed by atoms with E-state index >= 15 is 0 Å². The highest BCUT2D eigenvalue weighted by molar-refractivity contribution is 9.10.